The third kappa shape index (κ3) is 5.11. The van der Waals surface area contributed by atoms with Gasteiger partial charge in [0.05, 0.1) is 18.2 Å². The molecule has 1 aliphatic carbocycles. The van der Waals surface area contributed by atoms with Gasteiger partial charge in [0.15, 0.2) is 0 Å². The van der Waals surface area contributed by atoms with Crippen molar-refractivity contribution in [1.29, 1.82) is 0 Å². The van der Waals surface area contributed by atoms with Gasteiger partial charge in [-0.15, -0.1) is 12.4 Å². The summed E-state index contributed by atoms with van der Waals surface area (Å²) in [5.74, 6) is 0.0943. The summed E-state index contributed by atoms with van der Waals surface area (Å²) in [6, 6.07) is -0.408. The van der Waals surface area contributed by atoms with Gasteiger partial charge in [0.2, 0.25) is 5.91 Å². The molecule has 5 heteroatoms. The van der Waals surface area contributed by atoms with Crippen molar-refractivity contribution < 1.29 is 9.53 Å². The molecule has 1 amide bonds. The fourth-order valence-electron chi connectivity index (χ4n) is 3.08. The van der Waals surface area contributed by atoms with Crippen LogP contribution in [0.25, 0.3) is 0 Å². The second kappa shape index (κ2) is 7.80. The minimum atomic E-state index is -0.408. The summed E-state index contributed by atoms with van der Waals surface area (Å²) in [5.41, 5.74) is 5.90. The highest BCUT2D eigenvalue weighted by molar-refractivity contribution is 5.85. The molecule has 0 aromatic rings. The first-order chi connectivity index (χ1) is 9.38. The fourth-order valence-corrected chi connectivity index (χ4v) is 3.08. The molecule has 0 radical (unpaired) electrons. The molecule has 0 aromatic carbocycles. The standard InChI is InChI=1S/C16H30N2O2.ClH/c1-16(2,3)14(17)15(19)18-10-8-13(9-11-18)20-12-6-4-5-7-12;/h12-14H,4-11,17H2,1-3H3;1H/t14-;/m1./s1. The van der Waals surface area contributed by atoms with Gasteiger partial charge < -0.3 is 15.4 Å². The first-order valence-corrected chi connectivity index (χ1v) is 8.08. The molecule has 2 fully saturated rings. The maximum absolute atomic E-state index is 12.4. The maximum Gasteiger partial charge on any atom is 0.240 e. The number of carbonyl (C=O) groups excluding carboxylic acids is 1. The lowest BCUT2D eigenvalue weighted by Gasteiger charge is -2.37. The van der Waals surface area contributed by atoms with Gasteiger partial charge in [0.1, 0.15) is 0 Å². The molecule has 1 aliphatic heterocycles. The van der Waals surface area contributed by atoms with Crippen molar-refractivity contribution in [2.75, 3.05) is 13.1 Å². The van der Waals surface area contributed by atoms with Gasteiger partial charge >= 0.3 is 0 Å². The van der Waals surface area contributed by atoms with E-state index in [4.69, 9.17) is 10.5 Å². The highest BCUT2D eigenvalue weighted by Crippen LogP contribution is 2.26. The zero-order valence-electron chi connectivity index (χ0n) is 13.6. The topological polar surface area (TPSA) is 55.6 Å². The van der Waals surface area contributed by atoms with Crippen LogP contribution < -0.4 is 5.73 Å². The van der Waals surface area contributed by atoms with E-state index in [9.17, 15) is 4.79 Å². The number of carbonyl (C=O) groups is 1. The lowest BCUT2D eigenvalue weighted by atomic mass is 9.86. The molecular weight excluding hydrogens is 288 g/mol. The second-order valence-electron chi connectivity index (χ2n) is 7.41. The van der Waals surface area contributed by atoms with E-state index in [-0.39, 0.29) is 23.7 Å². The van der Waals surface area contributed by atoms with Crippen molar-refractivity contribution in [3.63, 3.8) is 0 Å². The molecule has 2 N–H and O–H groups in total. The van der Waals surface area contributed by atoms with E-state index in [0.717, 1.165) is 25.9 Å². The number of nitrogens with zero attached hydrogens (tertiary/aromatic N) is 1. The summed E-state index contributed by atoms with van der Waals surface area (Å²) in [6.45, 7) is 7.64. The minimum absolute atomic E-state index is 0. The Balaban J connectivity index is 0.00000220. The molecule has 0 bridgehead atoms. The van der Waals surface area contributed by atoms with Crippen LogP contribution in [0.3, 0.4) is 0 Å². The highest BCUT2D eigenvalue weighted by Gasteiger charge is 2.33. The van der Waals surface area contributed by atoms with Gasteiger partial charge in [-0.1, -0.05) is 33.6 Å². The molecule has 2 rings (SSSR count). The van der Waals surface area contributed by atoms with Crippen LogP contribution >= 0.6 is 12.4 Å². The summed E-state index contributed by atoms with van der Waals surface area (Å²) >= 11 is 0. The molecule has 1 heterocycles. The van der Waals surface area contributed by atoms with Crippen molar-refractivity contribution in [3.05, 3.63) is 0 Å². The van der Waals surface area contributed by atoms with E-state index in [1.165, 1.54) is 25.7 Å². The Labute approximate surface area is 135 Å². The van der Waals surface area contributed by atoms with Crippen molar-refractivity contribution in [2.24, 2.45) is 11.1 Å². The third-order valence-electron chi connectivity index (χ3n) is 4.64. The average molecular weight is 319 g/mol. The maximum atomic E-state index is 12.4. The molecule has 1 saturated carbocycles. The fraction of sp³-hybridized carbons (Fsp3) is 0.938. The Morgan fingerprint density at radius 2 is 1.57 bits per heavy atom. The van der Waals surface area contributed by atoms with Gasteiger partial charge in [-0.2, -0.15) is 0 Å². The number of hydrogen-bond donors (Lipinski definition) is 1. The second-order valence-corrected chi connectivity index (χ2v) is 7.41. The van der Waals surface area contributed by atoms with E-state index < -0.39 is 6.04 Å². The summed E-state index contributed by atoms with van der Waals surface area (Å²) in [6.07, 6.45) is 7.78. The zero-order chi connectivity index (χ0) is 14.8. The van der Waals surface area contributed by atoms with Gasteiger partial charge in [-0.3, -0.25) is 4.79 Å². The number of nitrogens with two attached hydrogens (primary N) is 1. The van der Waals surface area contributed by atoms with Crippen LogP contribution in [0.15, 0.2) is 0 Å². The normalized spacial score (nSPS) is 23.0. The van der Waals surface area contributed by atoms with Crippen LogP contribution in [-0.4, -0.2) is 42.1 Å². The van der Waals surface area contributed by atoms with Crippen LogP contribution in [0.1, 0.15) is 59.3 Å². The van der Waals surface area contributed by atoms with E-state index in [1.54, 1.807) is 0 Å². The number of ether oxygens (including phenoxy) is 1. The van der Waals surface area contributed by atoms with Gasteiger partial charge in [0, 0.05) is 13.1 Å². The Morgan fingerprint density at radius 3 is 2.05 bits per heavy atom. The monoisotopic (exact) mass is 318 g/mol. The Bertz CT molecular complexity index is 330. The van der Waals surface area contributed by atoms with E-state index >= 15 is 0 Å². The lowest BCUT2D eigenvalue weighted by molar-refractivity contribution is -0.138. The predicted molar refractivity (Wildman–Crippen MR) is 87.6 cm³/mol. The summed E-state index contributed by atoms with van der Waals surface area (Å²) in [7, 11) is 0. The van der Waals surface area contributed by atoms with E-state index in [2.05, 4.69) is 0 Å². The lowest BCUT2D eigenvalue weighted by Crippen LogP contribution is -2.53. The van der Waals surface area contributed by atoms with Crippen LogP contribution in [0.2, 0.25) is 0 Å². The van der Waals surface area contributed by atoms with Gasteiger partial charge in [-0.25, -0.2) is 0 Å². The summed E-state index contributed by atoms with van der Waals surface area (Å²) in [4.78, 5) is 14.3. The van der Waals surface area contributed by atoms with Crippen molar-refractivity contribution >= 4 is 18.3 Å². The third-order valence-corrected chi connectivity index (χ3v) is 4.64. The Morgan fingerprint density at radius 1 is 1.10 bits per heavy atom. The van der Waals surface area contributed by atoms with Crippen LogP contribution in [0.5, 0.6) is 0 Å². The van der Waals surface area contributed by atoms with Crippen molar-refractivity contribution in [3.8, 4) is 0 Å². The quantitative estimate of drug-likeness (QED) is 0.870. The molecule has 4 nitrogen and oxygen atoms in total. The molecule has 2 aliphatic rings. The Hall–Kier alpha value is -0.320. The zero-order valence-corrected chi connectivity index (χ0v) is 14.5. The molecular formula is C16H31ClN2O2. The number of hydrogen-bond acceptors (Lipinski definition) is 3. The first-order valence-electron chi connectivity index (χ1n) is 8.08. The number of amides is 1. The average Bonchev–Trinajstić information content (AvgIpc) is 2.90. The minimum Gasteiger partial charge on any atom is -0.375 e. The molecule has 1 atom stereocenters. The molecule has 0 aromatic heterocycles. The largest absolute Gasteiger partial charge is 0.375 e. The van der Waals surface area contributed by atoms with Crippen LogP contribution in [0.4, 0.5) is 0 Å². The molecule has 1 saturated heterocycles. The van der Waals surface area contributed by atoms with E-state index in [0.29, 0.717) is 12.2 Å². The van der Waals surface area contributed by atoms with E-state index in [1.807, 2.05) is 25.7 Å². The molecule has 0 spiro atoms. The van der Waals surface area contributed by atoms with Gasteiger partial charge in [0.25, 0.3) is 0 Å². The van der Waals surface area contributed by atoms with Crippen molar-refractivity contribution in [1.82, 2.24) is 4.90 Å². The van der Waals surface area contributed by atoms with Crippen molar-refractivity contribution in [2.45, 2.75) is 77.5 Å². The summed E-state index contributed by atoms with van der Waals surface area (Å²) in [5, 5.41) is 0. The predicted octanol–water partition coefficient (Wildman–Crippen LogP) is 2.73. The molecule has 21 heavy (non-hydrogen) atoms. The van der Waals surface area contributed by atoms with Gasteiger partial charge in [-0.05, 0) is 31.1 Å². The number of piperidine rings is 1. The smallest absolute Gasteiger partial charge is 0.240 e. The van der Waals surface area contributed by atoms with Crippen LogP contribution in [0, 0.1) is 5.41 Å². The van der Waals surface area contributed by atoms with Crippen LogP contribution in [-0.2, 0) is 9.53 Å². The Kier molecular flexibility index (Phi) is 6.95. The molecule has 0 unspecified atom stereocenters. The number of halogens is 1. The first kappa shape index (κ1) is 18.7. The highest BCUT2D eigenvalue weighted by atomic mass is 35.5. The molecule has 124 valence electrons. The number of rotatable bonds is 3. The SMILES string of the molecule is CC(C)(C)[C@H](N)C(=O)N1CCC(OC2CCCC2)CC1.Cl. The summed E-state index contributed by atoms with van der Waals surface area (Å²) < 4.78 is 6.14. The number of likely N-dealkylation sites (tertiary alicyclic amines) is 1.